The third-order valence-corrected chi connectivity index (χ3v) is 4.39. The molecule has 2 aromatic rings. The number of aromatic hydroxyl groups is 1. The molecule has 0 spiro atoms. The van der Waals surface area contributed by atoms with Crippen LogP contribution >= 0.6 is 11.6 Å². The van der Waals surface area contributed by atoms with Crippen molar-refractivity contribution in [2.24, 2.45) is 16.1 Å². The summed E-state index contributed by atoms with van der Waals surface area (Å²) in [6, 6.07) is 5.65. The number of halogens is 3. The number of carbonyl (C=O) groups is 1. The van der Waals surface area contributed by atoms with Crippen molar-refractivity contribution >= 4 is 35.8 Å². The fourth-order valence-electron chi connectivity index (χ4n) is 2.41. The van der Waals surface area contributed by atoms with Crippen LogP contribution in [0.2, 0.25) is 5.02 Å². The summed E-state index contributed by atoms with van der Waals surface area (Å²) in [5.74, 6) is -2.90. The van der Waals surface area contributed by atoms with Crippen molar-refractivity contribution in [1.29, 1.82) is 0 Å². The molecule has 146 valence electrons. The zero-order valence-electron chi connectivity index (χ0n) is 14.6. The van der Waals surface area contributed by atoms with Crippen molar-refractivity contribution in [1.82, 2.24) is 0 Å². The van der Waals surface area contributed by atoms with Crippen LogP contribution in [0.1, 0.15) is 28.8 Å². The Labute approximate surface area is 164 Å². The molecule has 0 aliphatic heterocycles. The van der Waals surface area contributed by atoms with E-state index in [2.05, 4.69) is 22.2 Å². The van der Waals surface area contributed by atoms with Gasteiger partial charge < -0.3 is 15.2 Å². The number of phenols is 1. The summed E-state index contributed by atoms with van der Waals surface area (Å²) in [4.78, 5) is 12.4. The topological polar surface area (TPSA) is 83.3 Å². The molecule has 1 aliphatic rings. The maximum Gasteiger partial charge on any atom is 0.259 e. The van der Waals surface area contributed by atoms with Crippen LogP contribution < -0.4 is 5.32 Å². The second-order valence-corrected chi connectivity index (χ2v) is 6.61. The predicted octanol–water partition coefficient (Wildman–Crippen LogP) is 4.36. The SMILES string of the molecule is C=N/N=C(\OCC1CC1)c1cc(O)c(C(=O)Nc2c(F)cccc2Cl)cc1F. The molecule has 9 heteroatoms. The van der Waals surface area contributed by atoms with Gasteiger partial charge in [0, 0.05) is 6.72 Å². The van der Waals surface area contributed by atoms with E-state index in [0.717, 1.165) is 31.0 Å². The molecular weight excluding hydrogens is 392 g/mol. The third-order valence-electron chi connectivity index (χ3n) is 4.08. The first kappa shape index (κ1) is 19.8. The van der Waals surface area contributed by atoms with Gasteiger partial charge in [-0.25, -0.2) is 8.78 Å². The minimum atomic E-state index is -0.936. The zero-order chi connectivity index (χ0) is 20.3. The largest absolute Gasteiger partial charge is 0.507 e. The Kier molecular flexibility index (Phi) is 5.89. The monoisotopic (exact) mass is 407 g/mol. The molecule has 2 N–H and O–H groups in total. The van der Waals surface area contributed by atoms with Crippen LogP contribution in [-0.2, 0) is 4.74 Å². The molecule has 1 saturated carbocycles. The number of rotatable bonds is 6. The second-order valence-electron chi connectivity index (χ2n) is 6.20. The van der Waals surface area contributed by atoms with Crippen LogP contribution in [0, 0.1) is 17.6 Å². The third kappa shape index (κ3) is 4.45. The fourth-order valence-corrected chi connectivity index (χ4v) is 2.62. The Morgan fingerprint density at radius 2 is 2.04 bits per heavy atom. The van der Waals surface area contributed by atoms with Crippen LogP contribution in [0.25, 0.3) is 0 Å². The molecule has 1 amide bonds. The number of ether oxygens (including phenoxy) is 1. The maximum absolute atomic E-state index is 14.6. The van der Waals surface area contributed by atoms with Gasteiger partial charge in [0.25, 0.3) is 5.91 Å². The first-order valence-electron chi connectivity index (χ1n) is 8.35. The lowest BCUT2D eigenvalue weighted by atomic mass is 10.1. The molecular formula is C19H16ClF2N3O3. The van der Waals surface area contributed by atoms with Gasteiger partial charge in [0.05, 0.1) is 28.4 Å². The van der Waals surface area contributed by atoms with Crippen LogP contribution in [-0.4, -0.2) is 30.2 Å². The van der Waals surface area contributed by atoms with Gasteiger partial charge in [-0.1, -0.05) is 17.7 Å². The number of benzene rings is 2. The van der Waals surface area contributed by atoms with Gasteiger partial charge in [-0.05, 0) is 43.0 Å². The van der Waals surface area contributed by atoms with Crippen molar-refractivity contribution in [3.8, 4) is 5.75 Å². The summed E-state index contributed by atoms with van der Waals surface area (Å²) in [7, 11) is 0. The highest BCUT2D eigenvalue weighted by Crippen LogP contribution is 2.31. The number of hydrogen-bond acceptors (Lipinski definition) is 5. The summed E-state index contributed by atoms with van der Waals surface area (Å²) in [5, 5.41) is 19.4. The van der Waals surface area contributed by atoms with E-state index < -0.39 is 28.9 Å². The quantitative estimate of drug-likeness (QED) is 0.424. The minimum Gasteiger partial charge on any atom is -0.507 e. The Bertz CT molecular complexity index is 941. The summed E-state index contributed by atoms with van der Waals surface area (Å²) in [6.07, 6.45) is 2.03. The molecule has 0 radical (unpaired) electrons. The molecule has 2 aromatic carbocycles. The standard InChI is InChI=1S/C19H16ClF2N3O3/c1-23-25-19(28-9-10-5-6-10)11-8-16(26)12(7-15(11)22)18(27)24-17-13(20)3-2-4-14(17)21/h2-4,7-8,10,26H,1,5-6,9H2,(H,24,27)/b25-19-. The molecule has 0 bridgehead atoms. The van der Waals surface area contributed by atoms with Gasteiger partial charge in [0.2, 0.25) is 5.90 Å². The Morgan fingerprint density at radius 1 is 1.29 bits per heavy atom. The molecule has 0 aromatic heterocycles. The van der Waals surface area contributed by atoms with Gasteiger partial charge in [-0.15, -0.1) is 5.10 Å². The van der Waals surface area contributed by atoms with Gasteiger partial charge in [0.15, 0.2) is 0 Å². The smallest absolute Gasteiger partial charge is 0.259 e. The number of carbonyl (C=O) groups excluding carboxylic acids is 1. The maximum atomic E-state index is 14.6. The van der Waals surface area contributed by atoms with Crippen molar-refractivity contribution in [2.45, 2.75) is 12.8 Å². The van der Waals surface area contributed by atoms with Crippen molar-refractivity contribution in [2.75, 3.05) is 11.9 Å². The number of amides is 1. The predicted molar refractivity (Wildman–Crippen MR) is 102 cm³/mol. The van der Waals surface area contributed by atoms with E-state index in [0.29, 0.717) is 12.5 Å². The van der Waals surface area contributed by atoms with E-state index in [1.165, 1.54) is 12.1 Å². The lowest BCUT2D eigenvalue weighted by molar-refractivity contribution is 0.102. The number of anilines is 1. The fraction of sp³-hybridized carbons (Fsp3) is 0.211. The summed E-state index contributed by atoms with van der Waals surface area (Å²) in [6.45, 7) is 3.55. The van der Waals surface area contributed by atoms with Crippen LogP contribution in [0.4, 0.5) is 14.5 Å². The summed E-state index contributed by atoms with van der Waals surface area (Å²) < 4.78 is 33.9. The average Bonchev–Trinajstić information content (AvgIpc) is 3.48. The van der Waals surface area contributed by atoms with Crippen molar-refractivity contribution in [3.63, 3.8) is 0 Å². The first-order valence-corrected chi connectivity index (χ1v) is 8.73. The zero-order valence-corrected chi connectivity index (χ0v) is 15.3. The summed E-state index contributed by atoms with van der Waals surface area (Å²) >= 11 is 5.86. The van der Waals surface area contributed by atoms with Gasteiger partial charge >= 0.3 is 0 Å². The van der Waals surface area contributed by atoms with Crippen LogP contribution in [0.5, 0.6) is 5.75 Å². The van der Waals surface area contributed by atoms with Gasteiger partial charge in [-0.2, -0.15) is 5.10 Å². The van der Waals surface area contributed by atoms with Crippen LogP contribution in [0.15, 0.2) is 40.5 Å². The molecule has 0 saturated heterocycles. The van der Waals surface area contributed by atoms with Crippen molar-refractivity contribution < 1.29 is 23.4 Å². The highest BCUT2D eigenvalue weighted by molar-refractivity contribution is 6.34. The normalized spacial score (nSPS) is 13.9. The number of nitrogens with zero attached hydrogens (tertiary/aromatic N) is 2. The first-order chi connectivity index (χ1) is 13.4. The summed E-state index contributed by atoms with van der Waals surface area (Å²) in [5.41, 5.74) is -0.858. The van der Waals surface area contributed by atoms with Gasteiger partial charge in [-0.3, -0.25) is 4.79 Å². The van der Waals surface area contributed by atoms with E-state index in [9.17, 15) is 18.7 Å². The van der Waals surface area contributed by atoms with E-state index in [4.69, 9.17) is 16.3 Å². The number of para-hydroxylation sites is 1. The highest BCUT2D eigenvalue weighted by atomic mass is 35.5. The minimum absolute atomic E-state index is 0.0371. The van der Waals surface area contributed by atoms with Crippen LogP contribution in [0.3, 0.4) is 0 Å². The van der Waals surface area contributed by atoms with E-state index in [1.807, 2.05) is 0 Å². The molecule has 28 heavy (non-hydrogen) atoms. The second kappa shape index (κ2) is 8.35. The van der Waals surface area contributed by atoms with E-state index in [-0.39, 0.29) is 22.2 Å². The lowest BCUT2D eigenvalue weighted by Crippen LogP contribution is -2.16. The molecule has 6 nitrogen and oxygen atoms in total. The Hall–Kier alpha value is -3.00. The molecule has 0 heterocycles. The number of phenolic OH excluding ortho intramolecular Hbond substituents is 1. The Morgan fingerprint density at radius 3 is 2.68 bits per heavy atom. The lowest BCUT2D eigenvalue weighted by Gasteiger charge is -2.12. The molecule has 0 atom stereocenters. The molecule has 0 unspecified atom stereocenters. The molecule has 3 rings (SSSR count). The van der Waals surface area contributed by atoms with E-state index in [1.54, 1.807) is 0 Å². The number of nitrogens with one attached hydrogen (secondary N) is 1. The number of hydrogen-bond donors (Lipinski definition) is 2. The van der Waals surface area contributed by atoms with Crippen molar-refractivity contribution in [3.05, 3.63) is 58.1 Å². The van der Waals surface area contributed by atoms with Gasteiger partial charge in [0.1, 0.15) is 17.4 Å². The van der Waals surface area contributed by atoms with E-state index >= 15 is 0 Å². The average molecular weight is 408 g/mol. The highest BCUT2D eigenvalue weighted by Gasteiger charge is 2.25. The molecule has 1 fully saturated rings. The Balaban J connectivity index is 1.87. The molecule has 1 aliphatic carbocycles.